The summed E-state index contributed by atoms with van der Waals surface area (Å²) >= 11 is 0. The van der Waals surface area contributed by atoms with E-state index in [-0.39, 0.29) is 6.61 Å². The Kier molecular flexibility index (Phi) is 10.1. The van der Waals surface area contributed by atoms with E-state index in [0.717, 1.165) is 55.4 Å². The van der Waals surface area contributed by atoms with Crippen molar-refractivity contribution >= 4 is 5.96 Å². The molecule has 160 valence electrons. The molecule has 1 unspecified atom stereocenters. The zero-order chi connectivity index (χ0) is 20.9. The summed E-state index contributed by atoms with van der Waals surface area (Å²) in [7, 11) is 1.66. The summed E-state index contributed by atoms with van der Waals surface area (Å²) in [6.45, 7) is 6.73. The third kappa shape index (κ3) is 9.05. The van der Waals surface area contributed by atoms with Gasteiger partial charge in [-0.1, -0.05) is 26.0 Å². The molecule has 0 bridgehead atoms. The van der Waals surface area contributed by atoms with Crippen LogP contribution in [0, 0.1) is 11.8 Å². The zero-order valence-electron chi connectivity index (χ0n) is 17.9. The second kappa shape index (κ2) is 12.9. The van der Waals surface area contributed by atoms with Crippen LogP contribution in [-0.4, -0.2) is 37.9 Å². The van der Waals surface area contributed by atoms with E-state index in [1.807, 2.05) is 36.4 Å². The minimum absolute atomic E-state index is 0.212. The maximum Gasteiger partial charge on any atom is 0.191 e. The van der Waals surface area contributed by atoms with Gasteiger partial charge in [-0.3, -0.25) is 0 Å². The Morgan fingerprint density at radius 2 is 1.97 bits per heavy atom. The van der Waals surface area contributed by atoms with Crippen LogP contribution >= 0.6 is 0 Å². The molecule has 0 aliphatic heterocycles. The quantitative estimate of drug-likeness (QED) is 0.374. The minimum Gasteiger partial charge on any atom is -0.497 e. The Labute approximate surface area is 174 Å². The maximum atomic E-state index is 9.36. The van der Waals surface area contributed by atoms with Gasteiger partial charge in [0, 0.05) is 26.1 Å². The molecule has 0 aliphatic carbocycles. The Balaban J connectivity index is 1.96. The van der Waals surface area contributed by atoms with Crippen LogP contribution in [0.5, 0.6) is 5.75 Å². The number of nitrogens with zero attached hydrogens (tertiary/aromatic N) is 1. The highest BCUT2D eigenvalue weighted by Gasteiger charge is 2.11. The lowest BCUT2D eigenvalue weighted by atomic mass is 9.94. The first kappa shape index (κ1) is 22.8. The fourth-order valence-corrected chi connectivity index (χ4v) is 3.23. The molecule has 2 rings (SSSR count). The van der Waals surface area contributed by atoms with Gasteiger partial charge in [-0.15, -0.1) is 0 Å². The van der Waals surface area contributed by atoms with Gasteiger partial charge in [-0.2, -0.15) is 0 Å². The van der Waals surface area contributed by atoms with Gasteiger partial charge >= 0.3 is 0 Å². The molecule has 0 amide bonds. The summed E-state index contributed by atoms with van der Waals surface area (Å²) in [6, 6.07) is 11.8. The van der Waals surface area contributed by atoms with E-state index in [9.17, 15) is 5.11 Å². The van der Waals surface area contributed by atoms with Crippen LogP contribution in [0.4, 0.5) is 0 Å². The molecule has 1 aromatic carbocycles. The van der Waals surface area contributed by atoms with E-state index in [4.69, 9.17) is 14.1 Å². The van der Waals surface area contributed by atoms with Crippen molar-refractivity contribution in [2.75, 3.05) is 26.8 Å². The van der Waals surface area contributed by atoms with Gasteiger partial charge in [0.05, 0.1) is 19.9 Å². The molecule has 0 saturated carbocycles. The molecular weight excluding hydrogens is 366 g/mol. The summed E-state index contributed by atoms with van der Waals surface area (Å²) in [5.41, 5.74) is 1.12. The van der Waals surface area contributed by atoms with Crippen LogP contribution in [0.25, 0.3) is 0 Å². The molecule has 1 aromatic heterocycles. The molecule has 0 fully saturated rings. The van der Waals surface area contributed by atoms with Crippen molar-refractivity contribution in [3.63, 3.8) is 0 Å². The smallest absolute Gasteiger partial charge is 0.191 e. The average Bonchev–Trinajstić information content (AvgIpc) is 3.23. The average molecular weight is 402 g/mol. The van der Waals surface area contributed by atoms with Crippen molar-refractivity contribution in [2.24, 2.45) is 16.8 Å². The second-order valence-corrected chi connectivity index (χ2v) is 7.66. The van der Waals surface area contributed by atoms with E-state index in [1.54, 1.807) is 13.4 Å². The number of nitrogens with one attached hydrogen (secondary N) is 2. The fraction of sp³-hybridized carbons (Fsp3) is 0.522. The van der Waals surface area contributed by atoms with Gasteiger partial charge in [-0.05, 0) is 54.5 Å². The van der Waals surface area contributed by atoms with Crippen LogP contribution < -0.4 is 15.4 Å². The summed E-state index contributed by atoms with van der Waals surface area (Å²) in [5.74, 6) is 3.58. The van der Waals surface area contributed by atoms with E-state index in [0.29, 0.717) is 18.4 Å². The van der Waals surface area contributed by atoms with Crippen molar-refractivity contribution in [3.8, 4) is 5.75 Å². The number of aliphatic hydroxyl groups excluding tert-OH is 1. The highest BCUT2D eigenvalue weighted by Crippen LogP contribution is 2.14. The molecular formula is C23H35N3O3. The molecule has 6 heteroatoms. The van der Waals surface area contributed by atoms with Crippen LogP contribution in [0.3, 0.4) is 0 Å². The first-order valence-electron chi connectivity index (χ1n) is 10.4. The lowest BCUT2D eigenvalue weighted by molar-refractivity contribution is 0.243. The number of guanidine groups is 1. The van der Waals surface area contributed by atoms with Crippen LogP contribution in [0.1, 0.15) is 38.0 Å². The molecule has 0 saturated heterocycles. The van der Waals surface area contributed by atoms with Crippen molar-refractivity contribution in [3.05, 3.63) is 54.0 Å². The Morgan fingerprint density at radius 1 is 1.17 bits per heavy atom. The molecule has 1 heterocycles. The van der Waals surface area contributed by atoms with E-state index < -0.39 is 0 Å². The summed E-state index contributed by atoms with van der Waals surface area (Å²) in [4.78, 5) is 4.74. The van der Waals surface area contributed by atoms with Crippen LogP contribution in [-0.2, 0) is 13.0 Å². The summed E-state index contributed by atoms with van der Waals surface area (Å²) < 4.78 is 10.6. The molecule has 0 spiro atoms. The van der Waals surface area contributed by atoms with Gasteiger partial charge in [0.15, 0.2) is 5.96 Å². The van der Waals surface area contributed by atoms with Crippen LogP contribution in [0.2, 0.25) is 0 Å². The molecule has 0 aliphatic rings. The van der Waals surface area contributed by atoms with Crippen molar-refractivity contribution in [1.29, 1.82) is 0 Å². The standard InChI is InChI=1S/C23H35N3O3/c1-18(2)15-20(11-13-27)17-26-23(24-12-10-22-5-4-14-29-22)25-16-19-6-8-21(28-3)9-7-19/h4-9,14,18,20,27H,10-13,15-17H2,1-3H3,(H2,24,25,26). The van der Waals surface area contributed by atoms with Gasteiger partial charge < -0.3 is 24.9 Å². The molecule has 0 radical (unpaired) electrons. The number of hydrogen-bond donors (Lipinski definition) is 3. The number of furan rings is 1. The van der Waals surface area contributed by atoms with Crippen molar-refractivity contribution in [1.82, 2.24) is 10.6 Å². The number of hydrogen-bond acceptors (Lipinski definition) is 4. The van der Waals surface area contributed by atoms with Gasteiger partial charge in [0.1, 0.15) is 11.5 Å². The highest BCUT2D eigenvalue weighted by molar-refractivity contribution is 5.79. The number of benzene rings is 1. The molecule has 2 aromatic rings. The Morgan fingerprint density at radius 3 is 2.59 bits per heavy atom. The number of methoxy groups -OCH3 is 1. The van der Waals surface area contributed by atoms with Gasteiger partial charge in [-0.25, -0.2) is 4.99 Å². The lowest BCUT2D eigenvalue weighted by Crippen LogP contribution is -2.41. The molecule has 1 atom stereocenters. The molecule has 6 nitrogen and oxygen atoms in total. The van der Waals surface area contributed by atoms with E-state index >= 15 is 0 Å². The third-order valence-electron chi connectivity index (χ3n) is 4.72. The van der Waals surface area contributed by atoms with Crippen LogP contribution in [0.15, 0.2) is 52.1 Å². The second-order valence-electron chi connectivity index (χ2n) is 7.66. The van der Waals surface area contributed by atoms with Crippen molar-refractivity contribution in [2.45, 2.75) is 39.7 Å². The fourth-order valence-electron chi connectivity index (χ4n) is 3.23. The van der Waals surface area contributed by atoms with E-state index in [2.05, 4.69) is 24.5 Å². The third-order valence-corrected chi connectivity index (χ3v) is 4.72. The Bertz CT molecular complexity index is 697. The van der Waals surface area contributed by atoms with Gasteiger partial charge in [0.25, 0.3) is 0 Å². The normalized spacial score (nSPS) is 12.8. The van der Waals surface area contributed by atoms with Crippen molar-refractivity contribution < 1.29 is 14.3 Å². The highest BCUT2D eigenvalue weighted by atomic mass is 16.5. The predicted molar refractivity (Wildman–Crippen MR) is 117 cm³/mol. The summed E-state index contributed by atoms with van der Waals surface area (Å²) in [5, 5.41) is 16.2. The number of aliphatic hydroxyl groups is 1. The molecule has 29 heavy (non-hydrogen) atoms. The maximum absolute atomic E-state index is 9.36. The lowest BCUT2D eigenvalue weighted by Gasteiger charge is -2.20. The predicted octanol–water partition coefficient (Wildman–Crippen LogP) is 3.61. The monoisotopic (exact) mass is 401 g/mol. The Hall–Kier alpha value is -2.47. The summed E-state index contributed by atoms with van der Waals surface area (Å²) in [6.07, 6.45) is 4.36. The van der Waals surface area contributed by atoms with Gasteiger partial charge in [0.2, 0.25) is 0 Å². The SMILES string of the molecule is COc1ccc(CN=C(NCCc2ccco2)NCC(CCO)CC(C)C)cc1. The molecule has 3 N–H and O–H groups in total. The largest absolute Gasteiger partial charge is 0.497 e. The first-order chi connectivity index (χ1) is 14.1. The first-order valence-corrected chi connectivity index (χ1v) is 10.4. The topological polar surface area (TPSA) is 79.0 Å². The number of aliphatic imine (C=N–C) groups is 1. The minimum atomic E-state index is 0.212. The number of ether oxygens (including phenoxy) is 1. The van der Waals surface area contributed by atoms with E-state index in [1.165, 1.54) is 0 Å². The number of rotatable bonds is 12. The zero-order valence-corrected chi connectivity index (χ0v) is 17.9.